The van der Waals surface area contributed by atoms with Gasteiger partial charge in [-0.3, -0.25) is 4.79 Å². The van der Waals surface area contributed by atoms with Crippen LogP contribution in [0.1, 0.15) is 41.5 Å². The lowest BCUT2D eigenvalue weighted by Gasteiger charge is -2.20. The smallest absolute Gasteiger partial charge is 0.410 e. The predicted molar refractivity (Wildman–Crippen MR) is 67.8 cm³/mol. The van der Waals surface area contributed by atoms with E-state index in [0.29, 0.717) is 0 Å². The first-order valence-electron chi connectivity index (χ1n) is 5.85. The maximum atomic E-state index is 11.5. The van der Waals surface area contributed by atoms with Crippen molar-refractivity contribution in [2.75, 3.05) is 13.5 Å². The normalized spacial score (nSPS) is 11.9. The first-order chi connectivity index (χ1) is 8.02. The third kappa shape index (κ3) is 8.81. The van der Waals surface area contributed by atoms with E-state index in [1.54, 1.807) is 20.8 Å². The molecule has 6 nitrogen and oxygen atoms in total. The summed E-state index contributed by atoms with van der Waals surface area (Å²) in [5.41, 5.74) is -0.846. The van der Waals surface area contributed by atoms with Crippen LogP contribution < -0.4 is 10.6 Å². The molecular weight excluding hydrogens is 236 g/mol. The van der Waals surface area contributed by atoms with Crippen LogP contribution in [0.3, 0.4) is 0 Å². The van der Waals surface area contributed by atoms with Gasteiger partial charge in [-0.25, -0.2) is 4.79 Å². The van der Waals surface area contributed by atoms with Gasteiger partial charge in [-0.1, -0.05) is 20.8 Å². The van der Waals surface area contributed by atoms with Gasteiger partial charge in [0.05, 0.1) is 12.3 Å². The number of rotatable bonds is 4. The standard InChI is InChI=1S/C12H24N2O4/c1-11(2,3)9(15)13-7-14-10(16)17-8-18-12(4,5)6/h7-8H2,1-6H3,(H,13,15)(H,14,16). The Balaban J connectivity index is 3.70. The zero-order chi connectivity index (χ0) is 14.4. The van der Waals surface area contributed by atoms with Crippen LogP contribution in [0.25, 0.3) is 0 Å². The predicted octanol–water partition coefficient (Wildman–Crippen LogP) is 1.60. The lowest BCUT2D eigenvalue weighted by molar-refractivity contribution is -0.128. The van der Waals surface area contributed by atoms with Gasteiger partial charge in [0, 0.05) is 5.41 Å². The second kappa shape index (κ2) is 6.58. The van der Waals surface area contributed by atoms with Crippen molar-refractivity contribution in [1.82, 2.24) is 10.6 Å². The molecule has 18 heavy (non-hydrogen) atoms. The lowest BCUT2D eigenvalue weighted by atomic mass is 9.96. The number of carbonyl (C=O) groups excluding carboxylic acids is 2. The fourth-order valence-electron chi connectivity index (χ4n) is 0.773. The Morgan fingerprint density at radius 2 is 1.56 bits per heavy atom. The van der Waals surface area contributed by atoms with Gasteiger partial charge in [0.15, 0.2) is 6.79 Å². The topological polar surface area (TPSA) is 76.7 Å². The molecule has 106 valence electrons. The molecule has 0 saturated carbocycles. The van der Waals surface area contributed by atoms with Crippen molar-refractivity contribution in [2.45, 2.75) is 47.1 Å². The Kier molecular flexibility index (Phi) is 6.11. The maximum Gasteiger partial charge on any atom is 0.410 e. The van der Waals surface area contributed by atoms with Crippen molar-refractivity contribution in [2.24, 2.45) is 5.41 Å². The number of ether oxygens (including phenoxy) is 2. The van der Waals surface area contributed by atoms with Crippen molar-refractivity contribution in [3.05, 3.63) is 0 Å². The summed E-state index contributed by atoms with van der Waals surface area (Å²) >= 11 is 0. The summed E-state index contributed by atoms with van der Waals surface area (Å²) in [5.74, 6) is -0.145. The van der Waals surface area contributed by atoms with E-state index in [-0.39, 0.29) is 25.0 Å². The Morgan fingerprint density at radius 1 is 1.00 bits per heavy atom. The van der Waals surface area contributed by atoms with Crippen LogP contribution in [0.4, 0.5) is 4.79 Å². The van der Waals surface area contributed by atoms with E-state index >= 15 is 0 Å². The van der Waals surface area contributed by atoms with Gasteiger partial charge in [-0.05, 0) is 20.8 Å². The third-order valence-corrected chi connectivity index (χ3v) is 1.84. The maximum absolute atomic E-state index is 11.5. The fraction of sp³-hybridized carbons (Fsp3) is 0.833. The van der Waals surface area contributed by atoms with E-state index in [2.05, 4.69) is 10.6 Å². The Morgan fingerprint density at radius 3 is 2.00 bits per heavy atom. The number of hydrogen-bond acceptors (Lipinski definition) is 4. The monoisotopic (exact) mass is 260 g/mol. The van der Waals surface area contributed by atoms with Crippen LogP contribution >= 0.6 is 0 Å². The van der Waals surface area contributed by atoms with E-state index in [4.69, 9.17) is 9.47 Å². The number of amides is 2. The van der Waals surface area contributed by atoms with Gasteiger partial charge in [-0.15, -0.1) is 0 Å². The minimum atomic E-state index is -0.631. The highest BCUT2D eigenvalue weighted by molar-refractivity contribution is 5.81. The first kappa shape index (κ1) is 16.7. The summed E-state index contributed by atoms with van der Waals surface area (Å²) in [6.45, 7) is 10.9. The van der Waals surface area contributed by atoms with Crippen LogP contribution in [0.5, 0.6) is 0 Å². The fourth-order valence-corrected chi connectivity index (χ4v) is 0.773. The number of hydrogen-bond donors (Lipinski definition) is 2. The van der Waals surface area contributed by atoms with Crippen molar-refractivity contribution >= 4 is 12.0 Å². The molecule has 0 aromatic heterocycles. The van der Waals surface area contributed by atoms with Gasteiger partial charge in [0.2, 0.25) is 5.91 Å². The van der Waals surface area contributed by atoms with Gasteiger partial charge >= 0.3 is 6.09 Å². The second-order valence-electron chi connectivity index (χ2n) is 5.92. The molecule has 0 aromatic rings. The number of nitrogens with one attached hydrogen (secondary N) is 2. The zero-order valence-electron chi connectivity index (χ0n) is 12.0. The average Bonchev–Trinajstić information content (AvgIpc) is 2.13. The number of alkyl carbamates (subject to hydrolysis) is 1. The summed E-state index contributed by atoms with van der Waals surface area (Å²) in [4.78, 5) is 22.7. The van der Waals surface area contributed by atoms with Crippen molar-refractivity contribution in [1.29, 1.82) is 0 Å². The zero-order valence-corrected chi connectivity index (χ0v) is 12.0. The molecule has 0 fully saturated rings. The Hall–Kier alpha value is -1.30. The van der Waals surface area contributed by atoms with Gasteiger partial charge < -0.3 is 20.1 Å². The SMILES string of the molecule is CC(C)(C)OCOC(=O)NCNC(=O)C(C)(C)C. The van der Waals surface area contributed by atoms with Crippen molar-refractivity contribution in [3.8, 4) is 0 Å². The van der Waals surface area contributed by atoms with E-state index in [9.17, 15) is 9.59 Å². The second-order valence-corrected chi connectivity index (χ2v) is 5.92. The first-order valence-corrected chi connectivity index (χ1v) is 5.85. The molecule has 0 aliphatic heterocycles. The molecule has 0 aliphatic rings. The number of carbonyl (C=O) groups is 2. The average molecular weight is 260 g/mol. The molecule has 0 unspecified atom stereocenters. The highest BCUT2D eigenvalue weighted by Gasteiger charge is 2.20. The molecule has 0 heterocycles. The lowest BCUT2D eigenvalue weighted by Crippen LogP contribution is -2.42. The summed E-state index contributed by atoms with van der Waals surface area (Å²) in [6.07, 6.45) is -0.631. The van der Waals surface area contributed by atoms with Gasteiger partial charge in [0.1, 0.15) is 0 Å². The van der Waals surface area contributed by atoms with E-state index in [1.807, 2.05) is 20.8 Å². The van der Waals surface area contributed by atoms with Crippen LogP contribution in [0.2, 0.25) is 0 Å². The molecule has 0 aromatic carbocycles. The van der Waals surface area contributed by atoms with E-state index in [0.717, 1.165) is 0 Å². The third-order valence-electron chi connectivity index (χ3n) is 1.84. The molecule has 0 rings (SSSR count). The minimum Gasteiger partial charge on any atom is -0.422 e. The molecule has 0 bridgehead atoms. The van der Waals surface area contributed by atoms with Gasteiger partial charge in [0.25, 0.3) is 0 Å². The van der Waals surface area contributed by atoms with Crippen LogP contribution in [-0.2, 0) is 14.3 Å². The summed E-state index contributed by atoms with van der Waals surface area (Å²) in [5, 5.41) is 4.97. The molecule has 0 radical (unpaired) electrons. The van der Waals surface area contributed by atoms with Crippen LogP contribution in [-0.4, -0.2) is 31.1 Å². The Labute approximate surface area is 108 Å². The Bertz CT molecular complexity index is 289. The minimum absolute atomic E-state index is 0.0322. The molecule has 0 spiro atoms. The molecular formula is C12H24N2O4. The summed E-state index contributed by atoms with van der Waals surface area (Å²) < 4.78 is 9.97. The summed E-state index contributed by atoms with van der Waals surface area (Å²) in [6, 6.07) is 0. The molecule has 6 heteroatoms. The quantitative estimate of drug-likeness (QED) is 0.753. The molecule has 2 N–H and O–H groups in total. The molecule has 0 saturated heterocycles. The van der Waals surface area contributed by atoms with Crippen LogP contribution in [0.15, 0.2) is 0 Å². The van der Waals surface area contributed by atoms with Crippen molar-refractivity contribution in [3.63, 3.8) is 0 Å². The highest BCUT2D eigenvalue weighted by atomic mass is 16.7. The largest absolute Gasteiger partial charge is 0.422 e. The van der Waals surface area contributed by atoms with E-state index < -0.39 is 11.5 Å². The molecule has 0 aliphatic carbocycles. The van der Waals surface area contributed by atoms with Crippen molar-refractivity contribution < 1.29 is 19.1 Å². The van der Waals surface area contributed by atoms with Gasteiger partial charge in [-0.2, -0.15) is 0 Å². The summed E-state index contributed by atoms with van der Waals surface area (Å²) in [7, 11) is 0. The highest BCUT2D eigenvalue weighted by Crippen LogP contribution is 2.11. The molecule has 2 amide bonds. The van der Waals surface area contributed by atoms with Crippen LogP contribution in [0, 0.1) is 5.41 Å². The molecule has 0 atom stereocenters. The van der Waals surface area contributed by atoms with E-state index in [1.165, 1.54) is 0 Å².